The molecular formula is C31H30N2O7. The number of esters is 2. The fourth-order valence-electron chi connectivity index (χ4n) is 4.46. The van der Waals surface area contributed by atoms with E-state index >= 15 is 0 Å². The van der Waals surface area contributed by atoms with Gasteiger partial charge in [0.05, 0.1) is 17.7 Å². The first-order valence-corrected chi connectivity index (χ1v) is 12.7. The Kier molecular flexibility index (Phi) is 8.94. The second-order valence-electron chi connectivity index (χ2n) is 9.77. The Bertz CT molecular complexity index is 1400. The summed E-state index contributed by atoms with van der Waals surface area (Å²) in [5.74, 6) is -1.25. The molecule has 3 aromatic carbocycles. The SMILES string of the molecule is Cc1ccc(C(=O)OCC2O[C@@H](/C(C#N)=N/O)[C@](C)(OCc3ccccc3)[C@@H]2OC(=O)c2ccc(C)cc2)cc1. The van der Waals surface area contributed by atoms with E-state index in [1.807, 2.05) is 50.2 Å². The summed E-state index contributed by atoms with van der Waals surface area (Å²) in [5, 5.41) is 22.4. The van der Waals surface area contributed by atoms with Crippen LogP contribution in [0.3, 0.4) is 0 Å². The Morgan fingerprint density at radius 1 is 0.950 bits per heavy atom. The smallest absolute Gasteiger partial charge is 0.338 e. The third-order valence-corrected chi connectivity index (χ3v) is 6.78. The molecule has 0 bridgehead atoms. The zero-order valence-electron chi connectivity index (χ0n) is 22.4. The molecule has 1 unspecified atom stereocenters. The van der Waals surface area contributed by atoms with Crippen molar-refractivity contribution in [2.75, 3.05) is 6.61 Å². The van der Waals surface area contributed by atoms with Gasteiger partial charge in [0.2, 0.25) is 0 Å². The third-order valence-electron chi connectivity index (χ3n) is 6.78. The number of nitriles is 1. The Morgan fingerprint density at radius 2 is 1.52 bits per heavy atom. The summed E-state index contributed by atoms with van der Waals surface area (Å²) < 4.78 is 23.9. The zero-order valence-corrected chi connectivity index (χ0v) is 22.4. The van der Waals surface area contributed by atoms with E-state index < -0.39 is 35.9 Å². The molecule has 0 saturated carbocycles. The standard InChI is InChI=1S/C31H30N2O7/c1-20-9-13-23(14-10-20)29(34)37-19-26-28(40-30(35)24-15-11-21(2)12-16-24)31(3,27(39-26)25(17-32)33-36)38-18-22-7-5-4-6-8-22/h4-16,26-28,36H,18-19H2,1-3H3/b33-25+/t26?,27-,28+,31-/m0/s1. The predicted molar refractivity (Wildman–Crippen MR) is 145 cm³/mol. The van der Waals surface area contributed by atoms with E-state index in [9.17, 15) is 20.1 Å². The van der Waals surface area contributed by atoms with Crippen LogP contribution in [-0.2, 0) is 25.6 Å². The fraction of sp³-hybridized carbons (Fsp3) is 0.290. The van der Waals surface area contributed by atoms with Crippen molar-refractivity contribution in [1.82, 2.24) is 0 Å². The summed E-state index contributed by atoms with van der Waals surface area (Å²) in [6, 6.07) is 24.8. The van der Waals surface area contributed by atoms with Crippen molar-refractivity contribution < 1.29 is 33.7 Å². The number of hydrogen-bond donors (Lipinski definition) is 1. The van der Waals surface area contributed by atoms with E-state index in [2.05, 4.69) is 5.16 Å². The number of rotatable bonds is 9. The van der Waals surface area contributed by atoms with Gasteiger partial charge >= 0.3 is 11.9 Å². The molecule has 0 amide bonds. The van der Waals surface area contributed by atoms with Crippen molar-refractivity contribution in [1.29, 1.82) is 5.26 Å². The number of oxime groups is 1. The molecule has 0 radical (unpaired) electrons. The van der Waals surface area contributed by atoms with Crippen molar-refractivity contribution >= 4 is 17.7 Å². The first-order valence-electron chi connectivity index (χ1n) is 12.7. The van der Waals surface area contributed by atoms with Gasteiger partial charge in [-0.05, 0) is 50.6 Å². The molecule has 1 saturated heterocycles. The van der Waals surface area contributed by atoms with Crippen molar-refractivity contribution in [2.24, 2.45) is 5.16 Å². The zero-order chi connectivity index (χ0) is 28.7. The molecule has 1 heterocycles. The number of carbonyl (C=O) groups is 2. The normalized spacial score (nSPS) is 22.4. The topological polar surface area (TPSA) is 127 Å². The van der Waals surface area contributed by atoms with Gasteiger partial charge in [0.25, 0.3) is 0 Å². The third kappa shape index (κ3) is 6.37. The fourth-order valence-corrected chi connectivity index (χ4v) is 4.46. The molecule has 1 aliphatic heterocycles. The number of hydrogen-bond acceptors (Lipinski definition) is 9. The lowest BCUT2D eigenvalue weighted by Gasteiger charge is -2.34. The second-order valence-corrected chi connectivity index (χ2v) is 9.77. The van der Waals surface area contributed by atoms with E-state index in [1.165, 1.54) is 0 Å². The number of ether oxygens (including phenoxy) is 4. The van der Waals surface area contributed by atoms with Crippen LogP contribution < -0.4 is 0 Å². The number of benzene rings is 3. The molecule has 4 atom stereocenters. The maximum Gasteiger partial charge on any atom is 0.338 e. The molecule has 1 fully saturated rings. The average Bonchev–Trinajstić information content (AvgIpc) is 3.23. The lowest BCUT2D eigenvalue weighted by atomic mass is 9.89. The van der Waals surface area contributed by atoms with Crippen LogP contribution in [0.15, 0.2) is 84.0 Å². The van der Waals surface area contributed by atoms with Crippen LogP contribution in [0, 0.1) is 25.2 Å². The van der Waals surface area contributed by atoms with E-state index in [4.69, 9.17) is 18.9 Å². The van der Waals surface area contributed by atoms with Gasteiger partial charge in [0.1, 0.15) is 30.5 Å². The van der Waals surface area contributed by atoms with Crippen LogP contribution in [0.25, 0.3) is 0 Å². The maximum atomic E-state index is 13.2. The Morgan fingerprint density at radius 3 is 2.08 bits per heavy atom. The average molecular weight is 543 g/mol. The van der Waals surface area contributed by atoms with Gasteiger partial charge in [-0.25, -0.2) is 9.59 Å². The van der Waals surface area contributed by atoms with Crippen LogP contribution in [0.1, 0.15) is 44.3 Å². The summed E-state index contributed by atoms with van der Waals surface area (Å²) in [6.45, 7) is 5.17. The summed E-state index contributed by atoms with van der Waals surface area (Å²) in [7, 11) is 0. The molecule has 3 aromatic rings. The highest BCUT2D eigenvalue weighted by molar-refractivity contribution is 6.02. The minimum absolute atomic E-state index is 0.0792. The molecule has 0 aromatic heterocycles. The molecule has 9 nitrogen and oxygen atoms in total. The molecule has 0 aliphatic carbocycles. The molecule has 1 aliphatic rings. The quantitative estimate of drug-likeness (QED) is 0.177. The van der Waals surface area contributed by atoms with Gasteiger partial charge in [-0.3, -0.25) is 0 Å². The van der Waals surface area contributed by atoms with Crippen molar-refractivity contribution in [3.63, 3.8) is 0 Å². The minimum atomic E-state index is -1.49. The van der Waals surface area contributed by atoms with Gasteiger partial charge in [-0.1, -0.05) is 70.9 Å². The Hall–Kier alpha value is -4.52. The largest absolute Gasteiger partial charge is 0.459 e. The second kappa shape index (κ2) is 12.6. The van der Waals surface area contributed by atoms with E-state index in [0.29, 0.717) is 11.1 Å². The van der Waals surface area contributed by atoms with Crippen molar-refractivity contribution in [2.45, 2.75) is 51.3 Å². The van der Waals surface area contributed by atoms with Gasteiger partial charge in [0, 0.05) is 0 Å². The molecule has 1 N–H and O–H groups in total. The predicted octanol–water partition coefficient (Wildman–Crippen LogP) is 4.78. The van der Waals surface area contributed by atoms with Crippen LogP contribution in [0.2, 0.25) is 0 Å². The van der Waals surface area contributed by atoms with Crippen LogP contribution in [0.5, 0.6) is 0 Å². The van der Waals surface area contributed by atoms with E-state index in [0.717, 1.165) is 16.7 Å². The summed E-state index contributed by atoms with van der Waals surface area (Å²) in [6.07, 6.45) is -3.42. The highest BCUT2D eigenvalue weighted by Gasteiger charge is 2.59. The minimum Gasteiger partial charge on any atom is -0.459 e. The van der Waals surface area contributed by atoms with E-state index in [1.54, 1.807) is 55.5 Å². The molecule has 206 valence electrons. The van der Waals surface area contributed by atoms with Crippen LogP contribution >= 0.6 is 0 Å². The lowest BCUT2D eigenvalue weighted by molar-refractivity contribution is -0.115. The number of aryl methyl sites for hydroxylation is 2. The highest BCUT2D eigenvalue weighted by Crippen LogP contribution is 2.39. The summed E-state index contributed by atoms with van der Waals surface area (Å²) in [5.41, 5.74) is 1.54. The van der Waals surface area contributed by atoms with Gasteiger partial charge in [-0.2, -0.15) is 5.26 Å². The van der Waals surface area contributed by atoms with Gasteiger partial charge in [0.15, 0.2) is 11.8 Å². The van der Waals surface area contributed by atoms with Crippen molar-refractivity contribution in [3.05, 3.63) is 107 Å². The van der Waals surface area contributed by atoms with E-state index in [-0.39, 0.29) is 18.9 Å². The molecule has 9 heteroatoms. The summed E-state index contributed by atoms with van der Waals surface area (Å²) >= 11 is 0. The number of nitrogens with zero attached hydrogens (tertiary/aromatic N) is 2. The van der Waals surface area contributed by atoms with Gasteiger partial charge < -0.3 is 24.2 Å². The maximum absolute atomic E-state index is 13.2. The highest BCUT2D eigenvalue weighted by atomic mass is 16.6. The number of carbonyl (C=O) groups excluding carboxylic acids is 2. The van der Waals surface area contributed by atoms with Crippen LogP contribution in [0.4, 0.5) is 0 Å². The monoisotopic (exact) mass is 542 g/mol. The Labute approximate surface area is 232 Å². The molecule has 0 spiro atoms. The van der Waals surface area contributed by atoms with Gasteiger partial charge in [-0.15, -0.1) is 0 Å². The first kappa shape index (κ1) is 28.5. The Balaban J connectivity index is 1.65. The summed E-state index contributed by atoms with van der Waals surface area (Å²) in [4.78, 5) is 26.0. The molecule has 4 rings (SSSR count). The molecule has 40 heavy (non-hydrogen) atoms. The first-order chi connectivity index (χ1) is 19.2. The van der Waals surface area contributed by atoms with Crippen molar-refractivity contribution in [3.8, 4) is 6.07 Å². The lowest BCUT2D eigenvalue weighted by Crippen LogP contribution is -2.52. The molecular weight excluding hydrogens is 512 g/mol. The van der Waals surface area contributed by atoms with Crippen LogP contribution in [-0.4, -0.2) is 53.4 Å².